The first-order chi connectivity index (χ1) is 18.3. The van der Waals surface area contributed by atoms with E-state index in [1.165, 1.54) is 31.4 Å². The number of benzene rings is 4. The topological polar surface area (TPSA) is 107 Å². The second-order valence-corrected chi connectivity index (χ2v) is 8.71. The maximum Gasteiger partial charge on any atom is 0.343 e. The fourth-order valence-corrected chi connectivity index (χ4v) is 4.48. The van der Waals surface area contributed by atoms with Crippen molar-refractivity contribution < 1.29 is 29.0 Å². The number of methoxy groups -OCH3 is 1. The molecule has 0 atom stereocenters. The molecule has 4 aromatic rings. The van der Waals surface area contributed by atoms with E-state index in [2.05, 4.69) is 0 Å². The first-order valence-electron chi connectivity index (χ1n) is 11.7. The second kappa shape index (κ2) is 9.67. The lowest BCUT2D eigenvalue weighted by molar-refractivity contribution is -0.255. The van der Waals surface area contributed by atoms with Crippen LogP contribution in [-0.4, -0.2) is 30.9 Å². The van der Waals surface area contributed by atoms with E-state index < -0.39 is 23.8 Å². The number of hydrogen-bond donors (Lipinski definition) is 0. The molecule has 1 aliphatic heterocycles. The molecule has 1 fully saturated rings. The minimum Gasteiger partial charge on any atom is -0.545 e. The van der Waals surface area contributed by atoms with Crippen molar-refractivity contribution in [3.8, 4) is 5.75 Å². The van der Waals surface area contributed by atoms with Gasteiger partial charge in [0.05, 0.1) is 24.5 Å². The molecule has 4 aromatic carbocycles. The summed E-state index contributed by atoms with van der Waals surface area (Å²) in [5, 5.41) is 13.1. The van der Waals surface area contributed by atoms with Crippen molar-refractivity contribution >= 4 is 52.0 Å². The number of carboxylic acid groups (broad SMARTS) is 1. The molecule has 0 spiro atoms. The molecule has 8 heteroatoms. The molecule has 0 radical (unpaired) electrons. The average molecular weight is 506 g/mol. The molecular weight excluding hydrogens is 484 g/mol. The highest BCUT2D eigenvalue weighted by Gasteiger charge is 2.44. The number of anilines is 2. The van der Waals surface area contributed by atoms with Gasteiger partial charge in [0.25, 0.3) is 11.8 Å². The van der Waals surface area contributed by atoms with E-state index in [1.807, 2.05) is 31.2 Å². The van der Waals surface area contributed by atoms with Gasteiger partial charge in [-0.3, -0.25) is 9.59 Å². The maximum absolute atomic E-state index is 13.8. The maximum atomic E-state index is 13.8. The third kappa shape index (κ3) is 4.18. The van der Waals surface area contributed by atoms with Crippen LogP contribution in [0.15, 0.2) is 90.5 Å². The molecule has 1 heterocycles. The summed E-state index contributed by atoms with van der Waals surface area (Å²) in [4.78, 5) is 54.8. The minimum atomic E-state index is -1.47. The van der Waals surface area contributed by atoms with Gasteiger partial charge in [-0.2, -0.15) is 0 Å². The highest BCUT2D eigenvalue weighted by atomic mass is 16.5. The van der Waals surface area contributed by atoms with Crippen LogP contribution in [0.3, 0.4) is 0 Å². The summed E-state index contributed by atoms with van der Waals surface area (Å²) in [5.74, 6) is -3.06. The van der Waals surface area contributed by atoms with E-state index in [1.54, 1.807) is 42.5 Å². The Morgan fingerprint density at radius 1 is 0.842 bits per heavy atom. The molecule has 1 saturated heterocycles. The summed E-state index contributed by atoms with van der Waals surface area (Å²) in [7, 11) is 1.32. The minimum absolute atomic E-state index is 0.0717. The van der Waals surface area contributed by atoms with Gasteiger partial charge in [-0.1, -0.05) is 54.6 Å². The van der Waals surface area contributed by atoms with Crippen molar-refractivity contribution in [1.82, 2.24) is 0 Å². The SMILES string of the molecule is COc1ccc(/C=C2\C(=O)N(c3cccc(C)c3)C(=O)N(c3cccc4ccccc34)C2=O)cc1C(=O)[O-]. The second-order valence-electron chi connectivity index (χ2n) is 8.71. The largest absolute Gasteiger partial charge is 0.545 e. The number of aromatic carboxylic acids is 1. The van der Waals surface area contributed by atoms with Crippen LogP contribution in [0.25, 0.3) is 16.8 Å². The lowest BCUT2D eigenvalue weighted by atomic mass is 10.0. The van der Waals surface area contributed by atoms with Gasteiger partial charge in [0.2, 0.25) is 0 Å². The fourth-order valence-electron chi connectivity index (χ4n) is 4.48. The highest BCUT2D eigenvalue weighted by molar-refractivity contribution is 6.46. The molecular formula is C30H21N2O6-. The number of carboxylic acids is 1. The predicted molar refractivity (Wildman–Crippen MR) is 141 cm³/mol. The Morgan fingerprint density at radius 3 is 2.29 bits per heavy atom. The Kier molecular flexibility index (Phi) is 6.22. The van der Waals surface area contributed by atoms with Gasteiger partial charge >= 0.3 is 6.03 Å². The van der Waals surface area contributed by atoms with E-state index in [9.17, 15) is 24.3 Å². The monoisotopic (exact) mass is 505 g/mol. The lowest BCUT2D eigenvalue weighted by Gasteiger charge is -2.34. The number of imide groups is 2. The van der Waals surface area contributed by atoms with Crippen LogP contribution in [0, 0.1) is 6.92 Å². The number of carbonyl (C=O) groups is 4. The molecule has 188 valence electrons. The molecule has 0 saturated carbocycles. The van der Waals surface area contributed by atoms with E-state index in [-0.39, 0.29) is 22.4 Å². The van der Waals surface area contributed by atoms with Crippen LogP contribution in [0.4, 0.5) is 16.2 Å². The highest BCUT2D eigenvalue weighted by Crippen LogP contribution is 2.34. The summed E-state index contributed by atoms with van der Waals surface area (Å²) in [5.41, 5.74) is 1.13. The molecule has 4 amide bonds. The molecule has 0 aromatic heterocycles. The zero-order chi connectivity index (χ0) is 27.0. The number of amides is 4. The van der Waals surface area contributed by atoms with Crippen LogP contribution in [0.5, 0.6) is 5.75 Å². The van der Waals surface area contributed by atoms with E-state index in [0.717, 1.165) is 20.7 Å². The number of rotatable bonds is 5. The van der Waals surface area contributed by atoms with Gasteiger partial charge in [-0.15, -0.1) is 0 Å². The molecule has 38 heavy (non-hydrogen) atoms. The average Bonchev–Trinajstić information content (AvgIpc) is 2.91. The fraction of sp³-hybridized carbons (Fsp3) is 0.0667. The van der Waals surface area contributed by atoms with Gasteiger partial charge in [-0.25, -0.2) is 14.6 Å². The number of fused-ring (bicyclic) bond motifs is 1. The quantitative estimate of drug-likeness (QED) is 0.299. The summed E-state index contributed by atoms with van der Waals surface area (Å²) >= 11 is 0. The molecule has 8 nitrogen and oxygen atoms in total. The van der Waals surface area contributed by atoms with Crippen molar-refractivity contribution in [2.75, 3.05) is 16.9 Å². The number of nitrogens with zero attached hydrogens (tertiary/aromatic N) is 2. The molecule has 5 rings (SSSR count). The van der Waals surface area contributed by atoms with Crippen molar-refractivity contribution in [2.24, 2.45) is 0 Å². The van der Waals surface area contributed by atoms with Crippen LogP contribution in [0.1, 0.15) is 21.5 Å². The number of hydrogen-bond acceptors (Lipinski definition) is 6. The summed E-state index contributed by atoms with van der Waals surface area (Å²) in [6.45, 7) is 1.82. The van der Waals surface area contributed by atoms with Gasteiger partial charge in [0.1, 0.15) is 11.3 Å². The predicted octanol–water partition coefficient (Wildman–Crippen LogP) is 4.10. The van der Waals surface area contributed by atoms with Crippen molar-refractivity contribution in [3.05, 3.63) is 107 Å². The number of ether oxygens (including phenoxy) is 1. The van der Waals surface area contributed by atoms with Crippen LogP contribution < -0.4 is 19.6 Å². The lowest BCUT2D eigenvalue weighted by Crippen LogP contribution is -2.57. The van der Waals surface area contributed by atoms with Crippen molar-refractivity contribution in [2.45, 2.75) is 6.92 Å². The number of barbiturate groups is 1. The standard InChI is InChI=1S/C30H22N2O6/c1-18-7-5-10-21(15-18)31-27(33)24(17-19-13-14-26(38-2)23(16-19)29(35)36)28(34)32(30(31)37)25-12-6-9-20-8-3-4-11-22(20)25/h3-17H,1-2H3,(H,35,36)/p-1/b24-17+. The Morgan fingerprint density at radius 2 is 1.55 bits per heavy atom. The van der Waals surface area contributed by atoms with E-state index in [0.29, 0.717) is 16.8 Å². The first-order valence-corrected chi connectivity index (χ1v) is 11.7. The van der Waals surface area contributed by atoms with Crippen molar-refractivity contribution in [1.29, 1.82) is 0 Å². The molecule has 0 N–H and O–H groups in total. The number of aryl methyl sites for hydroxylation is 1. The normalized spacial score (nSPS) is 14.9. The third-order valence-corrected chi connectivity index (χ3v) is 6.27. The summed E-state index contributed by atoms with van der Waals surface area (Å²) < 4.78 is 5.07. The van der Waals surface area contributed by atoms with Gasteiger partial charge in [0, 0.05) is 10.9 Å². The zero-order valence-corrected chi connectivity index (χ0v) is 20.5. The number of urea groups is 1. The first kappa shape index (κ1) is 24.5. The number of carbonyl (C=O) groups excluding carboxylic acids is 4. The van der Waals surface area contributed by atoms with Crippen LogP contribution in [-0.2, 0) is 9.59 Å². The Hall–Kier alpha value is -5.24. The molecule has 1 aliphatic rings. The molecule has 0 unspecified atom stereocenters. The van der Waals surface area contributed by atoms with E-state index in [4.69, 9.17) is 4.74 Å². The summed E-state index contributed by atoms with van der Waals surface area (Å²) in [6, 6.07) is 22.7. The summed E-state index contributed by atoms with van der Waals surface area (Å²) in [6.07, 6.45) is 1.27. The van der Waals surface area contributed by atoms with Gasteiger partial charge in [-0.05, 0) is 59.8 Å². The van der Waals surface area contributed by atoms with E-state index >= 15 is 0 Å². The zero-order valence-electron chi connectivity index (χ0n) is 20.5. The molecule has 0 bridgehead atoms. The Balaban J connectivity index is 1.72. The Bertz CT molecular complexity index is 1670. The molecule has 0 aliphatic carbocycles. The van der Waals surface area contributed by atoms with Crippen LogP contribution in [0.2, 0.25) is 0 Å². The third-order valence-electron chi connectivity index (χ3n) is 6.27. The van der Waals surface area contributed by atoms with Gasteiger partial charge in [0.15, 0.2) is 0 Å². The smallest absolute Gasteiger partial charge is 0.343 e. The Labute approximate surface area is 218 Å². The van der Waals surface area contributed by atoms with Crippen molar-refractivity contribution in [3.63, 3.8) is 0 Å². The van der Waals surface area contributed by atoms with Crippen LogP contribution >= 0.6 is 0 Å². The van der Waals surface area contributed by atoms with Gasteiger partial charge < -0.3 is 14.6 Å².